The molecule has 8 nitrogen and oxygen atoms in total. The molecule has 1 unspecified atom stereocenters. The van der Waals surface area contributed by atoms with Gasteiger partial charge in [0.15, 0.2) is 0 Å². The van der Waals surface area contributed by atoms with Crippen LogP contribution in [0.3, 0.4) is 0 Å². The zero-order valence-electron chi connectivity index (χ0n) is 20.5. The van der Waals surface area contributed by atoms with E-state index in [0.717, 1.165) is 28.6 Å². The molecule has 3 aromatic carbocycles. The lowest BCUT2D eigenvalue weighted by molar-refractivity contribution is -0.120. The maximum atomic E-state index is 13.5. The third kappa shape index (κ3) is 6.25. The van der Waals surface area contributed by atoms with Crippen molar-refractivity contribution in [3.05, 3.63) is 78.1 Å². The summed E-state index contributed by atoms with van der Waals surface area (Å²) < 4.78 is 57.5. The summed E-state index contributed by atoms with van der Waals surface area (Å²) in [5.41, 5.74) is 0.920. The zero-order valence-corrected chi connectivity index (χ0v) is 21.3. The number of hydrogen-bond donors (Lipinski definition) is 1. The van der Waals surface area contributed by atoms with Gasteiger partial charge in [0.2, 0.25) is 5.91 Å². The van der Waals surface area contributed by atoms with Gasteiger partial charge < -0.3 is 19.5 Å². The van der Waals surface area contributed by atoms with E-state index in [2.05, 4.69) is 5.32 Å². The maximum Gasteiger partial charge on any atom is 0.264 e. The highest BCUT2D eigenvalue weighted by molar-refractivity contribution is 7.92. The molecule has 10 heteroatoms. The molecule has 36 heavy (non-hydrogen) atoms. The number of benzene rings is 3. The predicted octanol–water partition coefficient (Wildman–Crippen LogP) is 4.31. The van der Waals surface area contributed by atoms with Crippen LogP contribution in [0.25, 0.3) is 0 Å². The van der Waals surface area contributed by atoms with Crippen LogP contribution in [0.4, 0.5) is 10.1 Å². The van der Waals surface area contributed by atoms with Gasteiger partial charge in [-0.3, -0.25) is 9.10 Å². The maximum absolute atomic E-state index is 13.5. The number of nitrogens with zero attached hydrogens (tertiary/aromatic N) is 1. The Hall–Kier alpha value is -3.79. The second-order valence-corrected chi connectivity index (χ2v) is 9.65. The van der Waals surface area contributed by atoms with Gasteiger partial charge in [0, 0.05) is 5.56 Å². The van der Waals surface area contributed by atoms with E-state index in [0.29, 0.717) is 29.4 Å². The van der Waals surface area contributed by atoms with Crippen molar-refractivity contribution < 1.29 is 31.8 Å². The predicted molar refractivity (Wildman–Crippen MR) is 135 cm³/mol. The van der Waals surface area contributed by atoms with Crippen molar-refractivity contribution >= 4 is 21.6 Å². The quantitative estimate of drug-likeness (QED) is 0.408. The molecule has 1 atom stereocenters. The van der Waals surface area contributed by atoms with E-state index in [9.17, 15) is 17.6 Å². The second-order valence-electron chi connectivity index (χ2n) is 7.79. The first-order valence-corrected chi connectivity index (χ1v) is 12.7. The fourth-order valence-electron chi connectivity index (χ4n) is 3.60. The normalized spacial score (nSPS) is 11.9. The van der Waals surface area contributed by atoms with Gasteiger partial charge in [-0.15, -0.1) is 0 Å². The molecular weight excluding hydrogens is 487 g/mol. The standard InChI is InChI=1S/C26H29FN2O6S/c1-5-35-21-10-8-20(9-11-21)29(36(31,32)23-13-6-19(27)7-14-23)17-26(30)28-18(2)24-16-22(33-3)12-15-25(24)34-4/h6-16,18H,5,17H2,1-4H3,(H,28,30). The Morgan fingerprint density at radius 3 is 2.19 bits per heavy atom. The Morgan fingerprint density at radius 1 is 0.972 bits per heavy atom. The monoisotopic (exact) mass is 516 g/mol. The lowest BCUT2D eigenvalue weighted by Crippen LogP contribution is -2.41. The second kappa shape index (κ2) is 11.8. The van der Waals surface area contributed by atoms with Crippen LogP contribution < -0.4 is 23.8 Å². The number of nitrogens with one attached hydrogen (secondary N) is 1. The van der Waals surface area contributed by atoms with Gasteiger partial charge in [-0.1, -0.05) is 0 Å². The molecule has 0 heterocycles. The van der Waals surface area contributed by atoms with Gasteiger partial charge >= 0.3 is 0 Å². The molecule has 3 aromatic rings. The van der Waals surface area contributed by atoms with Crippen molar-refractivity contribution in [2.45, 2.75) is 24.8 Å². The van der Waals surface area contributed by atoms with Crippen LogP contribution in [-0.4, -0.2) is 41.7 Å². The summed E-state index contributed by atoms with van der Waals surface area (Å²) in [6, 6.07) is 15.5. The number of hydrogen-bond acceptors (Lipinski definition) is 6. The molecule has 0 bridgehead atoms. The molecule has 0 aliphatic rings. The Kier molecular flexibility index (Phi) is 8.76. The first-order chi connectivity index (χ1) is 17.2. The molecule has 0 saturated heterocycles. The van der Waals surface area contributed by atoms with Gasteiger partial charge in [-0.05, 0) is 80.6 Å². The number of anilines is 1. The summed E-state index contributed by atoms with van der Waals surface area (Å²) in [4.78, 5) is 12.9. The average molecular weight is 517 g/mol. The minimum absolute atomic E-state index is 0.145. The number of halogens is 1. The third-order valence-electron chi connectivity index (χ3n) is 5.41. The summed E-state index contributed by atoms with van der Waals surface area (Å²) in [6.45, 7) is 3.53. The highest BCUT2D eigenvalue weighted by atomic mass is 32.2. The number of ether oxygens (including phenoxy) is 3. The van der Waals surface area contributed by atoms with E-state index in [-0.39, 0.29) is 10.6 Å². The summed E-state index contributed by atoms with van der Waals surface area (Å²) in [5.74, 6) is 0.573. The van der Waals surface area contributed by atoms with E-state index in [1.807, 2.05) is 6.92 Å². The minimum Gasteiger partial charge on any atom is -0.497 e. The van der Waals surface area contributed by atoms with Gasteiger partial charge in [0.05, 0.1) is 37.5 Å². The number of rotatable bonds is 11. The van der Waals surface area contributed by atoms with Crippen LogP contribution in [0.1, 0.15) is 25.5 Å². The minimum atomic E-state index is -4.19. The smallest absolute Gasteiger partial charge is 0.264 e. The SMILES string of the molecule is CCOc1ccc(N(CC(=O)NC(C)c2cc(OC)ccc2OC)S(=O)(=O)c2ccc(F)cc2)cc1. The fraction of sp³-hybridized carbons (Fsp3) is 0.269. The van der Waals surface area contributed by atoms with Crippen molar-refractivity contribution in [2.75, 3.05) is 31.7 Å². The van der Waals surface area contributed by atoms with Crippen LogP contribution in [-0.2, 0) is 14.8 Å². The van der Waals surface area contributed by atoms with Gasteiger partial charge in [-0.2, -0.15) is 0 Å². The van der Waals surface area contributed by atoms with Crippen molar-refractivity contribution in [1.82, 2.24) is 5.32 Å². The zero-order chi connectivity index (χ0) is 26.3. The molecule has 0 saturated carbocycles. The molecule has 0 aliphatic heterocycles. The Morgan fingerprint density at radius 2 is 1.61 bits per heavy atom. The average Bonchev–Trinajstić information content (AvgIpc) is 2.87. The first kappa shape index (κ1) is 26.8. The molecule has 1 amide bonds. The Bertz CT molecular complexity index is 1280. The molecule has 0 radical (unpaired) electrons. The lowest BCUT2D eigenvalue weighted by atomic mass is 10.1. The number of sulfonamides is 1. The Balaban J connectivity index is 1.91. The summed E-state index contributed by atoms with van der Waals surface area (Å²) in [7, 11) is -1.15. The van der Waals surface area contributed by atoms with Crippen molar-refractivity contribution in [3.8, 4) is 17.2 Å². The Labute approximate surface area is 210 Å². The number of amides is 1. The van der Waals surface area contributed by atoms with Crippen LogP contribution in [0.15, 0.2) is 71.6 Å². The molecule has 0 aromatic heterocycles. The van der Waals surface area contributed by atoms with E-state index in [4.69, 9.17) is 14.2 Å². The highest BCUT2D eigenvalue weighted by Gasteiger charge is 2.28. The van der Waals surface area contributed by atoms with Crippen molar-refractivity contribution in [2.24, 2.45) is 0 Å². The van der Waals surface area contributed by atoms with E-state index >= 15 is 0 Å². The topological polar surface area (TPSA) is 94.2 Å². The largest absolute Gasteiger partial charge is 0.497 e. The van der Waals surface area contributed by atoms with Crippen LogP contribution in [0, 0.1) is 5.82 Å². The number of carbonyl (C=O) groups is 1. The summed E-state index contributed by atoms with van der Waals surface area (Å²) >= 11 is 0. The molecular formula is C26H29FN2O6S. The highest BCUT2D eigenvalue weighted by Crippen LogP contribution is 2.30. The molecule has 0 aliphatic carbocycles. The number of methoxy groups -OCH3 is 2. The first-order valence-electron chi connectivity index (χ1n) is 11.2. The molecule has 3 rings (SSSR count). The van der Waals surface area contributed by atoms with Gasteiger partial charge in [0.25, 0.3) is 10.0 Å². The molecule has 192 valence electrons. The van der Waals surface area contributed by atoms with E-state index < -0.39 is 34.3 Å². The van der Waals surface area contributed by atoms with Crippen molar-refractivity contribution in [3.63, 3.8) is 0 Å². The van der Waals surface area contributed by atoms with Crippen molar-refractivity contribution in [1.29, 1.82) is 0 Å². The number of carbonyl (C=O) groups excluding carboxylic acids is 1. The van der Waals surface area contributed by atoms with Gasteiger partial charge in [0.1, 0.15) is 29.6 Å². The molecule has 0 fully saturated rings. The van der Waals surface area contributed by atoms with Crippen LogP contribution in [0.5, 0.6) is 17.2 Å². The van der Waals surface area contributed by atoms with E-state index in [1.165, 1.54) is 14.2 Å². The fourth-order valence-corrected chi connectivity index (χ4v) is 5.02. The lowest BCUT2D eigenvalue weighted by Gasteiger charge is -2.25. The molecule has 1 N–H and O–H groups in total. The van der Waals surface area contributed by atoms with Crippen LogP contribution in [0.2, 0.25) is 0 Å². The summed E-state index contributed by atoms with van der Waals surface area (Å²) in [5, 5.41) is 2.82. The van der Waals surface area contributed by atoms with Gasteiger partial charge in [-0.25, -0.2) is 12.8 Å². The van der Waals surface area contributed by atoms with Crippen LogP contribution >= 0.6 is 0 Å². The molecule has 0 spiro atoms. The summed E-state index contributed by atoms with van der Waals surface area (Å²) in [6.07, 6.45) is 0. The van der Waals surface area contributed by atoms with E-state index in [1.54, 1.807) is 49.4 Å². The third-order valence-corrected chi connectivity index (χ3v) is 7.19.